The third-order valence-electron chi connectivity index (χ3n) is 4.98. The first-order valence-corrected chi connectivity index (χ1v) is 10.4. The number of hydrogen-bond acceptors (Lipinski definition) is 8. The minimum atomic E-state index is -0.259. The topological polar surface area (TPSA) is 107 Å². The van der Waals surface area contributed by atoms with Crippen molar-refractivity contribution >= 4 is 23.1 Å². The second kappa shape index (κ2) is 8.86. The van der Waals surface area contributed by atoms with E-state index in [4.69, 9.17) is 4.98 Å². The number of para-hydroxylation sites is 1. The summed E-state index contributed by atoms with van der Waals surface area (Å²) < 4.78 is 0. The second-order valence-electron chi connectivity index (χ2n) is 7.19. The van der Waals surface area contributed by atoms with Gasteiger partial charge >= 0.3 is 0 Å². The van der Waals surface area contributed by atoms with Gasteiger partial charge in [-0.1, -0.05) is 37.6 Å². The molecule has 5 N–H and O–H groups in total. The van der Waals surface area contributed by atoms with Gasteiger partial charge < -0.3 is 26.4 Å². The van der Waals surface area contributed by atoms with E-state index in [-0.39, 0.29) is 11.9 Å². The molecule has 0 amide bonds. The molecule has 3 aromatic rings. The van der Waals surface area contributed by atoms with Gasteiger partial charge in [-0.05, 0) is 37.1 Å². The lowest BCUT2D eigenvalue weighted by molar-refractivity contribution is 0.477. The zero-order valence-electron chi connectivity index (χ0n) is 17.2. The van der Waals surface area contributed by atoms with Gasteiger partial charge in [-0.2, -0.15) is 4.98 Å². The minimum Gasteiger partial charge on any atom is -0.506 e. The Hall–Kier alpha value is -3.55. The minimum absolute atomic E-state index is 0.224. The molecule has 156 valence electrons. The Morgan fingerprint density at radius 3 is 2.73 bits per heavy atom. The van der Waals surface area contributed by atoms with Crippen LogP contribution in [0.1, 0.15) is 38.4 Å². The molecule has 30 heavy (non-hydrogen) atoms. The summed E-state index contributed by atoms with van der Waals surface area (Å²) in [4.78, 5) is 4.70. The van der Waals surface area contributed by atoms with Gasteiger partial charge in [0, 0.05) is 24.3 Å². The van der Waals surface area contributed by atoms with Gasteiger partial charge in [0.25, 0.3) is 0 Å². The van der Waals surface area contributed by atoms with Crippen LogP contribution in [-0.2, 0) is 0 Å². The molecule has 1 atom stereocenters. The Balaban J connectivity index is 1.73. The van der Waals surface area contributed by atoms with Crippen molar-refractivity contribution in [1.82, 2.24) is 15.2 Å². The molecule has 1 unspecified atom stereocenters. The summed E-state index contributed by atoms with van der Waals surface area (Å²) in [6.45, 7) is 5.67. The maximum atomic E-state index is 10.1. The number of benzene rings is 2. The van der Waals surface area contributed by atoms with Gasteiger partial charge in [0.05, 0.1) is 5.69 Å². The van der Waals surface area contributed by atoms with Crippen LogP contribution in [0.4, 0.5) is 23.1 Å². The van der Waals surface area contributed by atoms with Crippen molar-refractivity contribution in [3.63, 3.8) is 0 Å². The molecular formula is C22H27N7O. The van der Waals surface area contributed by atoms with E-state index in [0.717, 1.165) is 42.7 Å². The number of rotatable bonds is 7. The zero-order valence-corrected chi connectivity index (χ0v) is 17.2. The molecule has 0 fully saturated rings. The first-order valence-electron chi connectivity index (χ1n) is 10.4. The molecule has 0 radical (unpaired) electrons. The largest absolute Gasteiger partial charge is 0.506 e. The van der Waals surface area contributed by atoms with Crippen molar-refractivity contribution in [3.8, 4) is 17.0 Å². The highest BCUT2D eigenvalue weighted by molar-refractivity contribution is 5.84. The number of nitrogens with one attached hydrogen (secondary N) is 4. The van der Waals surface area contributed by atoms with Gasteiger partial charge in [0.2, 0.25) is 5.95 Å². The lowest BCUT2D eigenvalue weighted by Crippen LogP contribution is -2.20. The molecule has 2 aromatic carbocycles. The smallest absolute Gasteiger partial charge is 0.244 e. The SMILES string of the molecule is CCCCNc1nnc2c(n1)NC(c1ccc(O)c(NCC)c1)Nc1ccccc1-2. The number of aromatic hydroxyl groups is 1. The Labute approximate surface area is 176 Å². The van der Waals surface area contributed by atoms with E-state index in [0.29, 0.717) is 23.1 Å². The molecule has 0 aliphatic carbocycles. The van der Waals surface area contributed by atoms with Crippen molar-refractivity contribution in [1.29, 1.82) is 0 Å². The van der Waals surface area contributed by atoms with Gasteiger partial charge in [-0.3, -0.25) is 0 Å². The van der Waals surface area contributed by atoms with Crippen LogP contribution < -0.4 is 21.3 Å². The molecule has 0 bridgehead atoms. The van der Waals surface area contributed by atoms with Crippen molar-refractivity contribution < 1.29 is 5.11 Å². The maximum Gasteiger partial charge on any atom is 0.244 e. The molecular weight excluding hydrogens is 378 g/mol. The molecule has 0 saturated heterocycles. The van der Waals surface area contributed by atoms with Gasteiger partial charge in [0.15, 0.2) is 5.82 Å². The van der Waals surface area contributed by atoms with Crippen LogP contribution in [0.25, 0.3) is 11.3 Å². The van der Waals surface area contributed by atoms with E-state index < -0.39 is 0 Å². The Morgan fingerprint density at radius 2 is 1.90 bits per heavy atom. The highest BCUT2D eigenvalue weighted by Gasteiger charge is 2.24. The number of phenols is 1. The lowest BCUT2D eigenvalue weighted by atomic mass is 10.1. The zero-order chi connectivity index (χ0) is 20.9. The molecule has 2 heterocycles. The second-order valence-corrected chi connectivity index (χ2v) is 7.19. The highest BCUT2D eigenvalue weighted by Crippen LogP contribution is 2.38. The van der Waals surface area contributed by atoms with Crippen LogP contribution in [-0.4, -0.2) is 33.4 Å². The number of nitrogens with zero attached hydrogens (tertiary/aromatic N) is 3. The predicted octanol–water partition coefficient (Wildman–Crippen LogP) is 4.42. The predicted molar refractivity (Wildman–Crippen MR) is 121 cm³/mol. The molecule has 1 aromatic heterocycles. The third kappa shape index (κ3) is 4.07. The monoisotopic (exact) mass is 405 g/mol. The fourth-order valence-electron chi connectivity index (χ4n) is 3.44. The molecule has 1 aliphatic rings. The lowest BCUT2D eigenvalue weighted by Gasteiger charge is -2.21. The average Bonchev–Trinajstić information content (AvgIpc) is 2.92. The fraction of sp³-hybridized carbons (Fsp3) is 0.318. The van der Waals surface area contributed by atoms with Crippen LogP contribution >= 0.6 is 0 Å². The van der Waals surface area contributed by atoms with Crippen molar-refractivity contribution in [2.45, 2.75) is 32.9 Å². The fourth-order valence-corrected chi connectivity index (χ4v) is 3.44. The summed E-state index contributed by atoms with van der Waals surface area (Å²) in [5.41, 5.74) is 4.24. The van der Waals surface area contributed by atoms with E-state index in [1.54, 1.807) is 6.07 Å². The van der Waals surface area contributed by atoms with E-state index in [1.165, 1.54) is 0 Å². The summed E-state index contributed by atoms with van der Waals surface area (Å²) in [5.74, 6) is 1.39. The van der Waals surface area contributed by atoms with E-state index in [1.807, 2.05) is 43.3 Å². The summed E-state index contributed by atoms with van der Waals surface area (Å²) in [6.07, 6.45) is 1.88. The maximum absolute atomic E-state index is 10.1. The van der Waals surface area contributed by atoms with Crippen LogP contribution in [0.5, 0.6) is 5.75 Å². The number of unbranched alkanes of at least 4 members (excludes halogenated alkanes) is 1. The molecule has 0 spiro atoms. The van der Waals surface area contributed by atoms with Crippen molar-refractivity contribution in [3.05, 3.63) is 48.0 Å². The standard InChI is InChI=1S/C22H27N7O/c1-3-5-12-24-22-27-21-19(28-29-22)15-8-6-7-9-16(15)25-20(26-21)14-10-11-18(30)17(13-14)23-4-2/h6-11,13,20,23,25,30H,3-5,12H2,1-2H3,(H2,24,26,27,29). The normalized spacial score (nSPS) is 14.5. The van der Waals surface area contributed by atoms with E-state index in [2.05, 4.69) is 38.4 Å². The molecule has 4 rings (SSSR count). The van der Waals surface area contributed by atoms with Gasteiger partial charge in [-0.15, -0.1) is 10.2 Å². The summed E-state index contributed by atoms with van der Waals surface area (Å²) in [6, 6.07) is 13.5. The van der Waals surface area contributed by atoms with Crippen LogP contribution in [0.15, 0.2) is 42.5 Å². The molecule has 8 nitrogen and oxygen atoms in total. The summed E-state index contributed by atoms with van der Waals surface area (Å²) >= 11 is 0. The number of anilines is 4. The van der Waals surface area contributed by atoms with E-state index in [9.17, 15) is 5.11 Å². The first kappa shape index (κ1) is 19.8. The van der Waals surface area contributed by atoms with Crippen LogP contribution in [0.3, 0.4) is 0 Å². The van der Waals surface area contributed by atoms with Gasteiger partial charge in [-0.25, -0.2) is 0 Å². The first-order chi connectivity index (χ1) is 14.7. The van der Waals surface area contributed by atoms with E-state index >= 15 is 0 Å². The van der Waals surface area contributed by atoms with Crippen molar-refractivity contribution in [2.75, 3.05) is 34.4 Å². The number of aromatic nitrogens is 3. The molecule has 8 heteroatoms. The van der Waals surface area contributed by atoms with Crippen LogP contribution in [0, 0.1) is 0 Å². The number of phenolic OH excluding ortho intramolecular Hbond substituents is 1. The van der Waals surface area contributed by atoms with Crippen molar-refractivity contribution in [2.24, 2.45) is 0 Å². The quantitative estimate of drug-likeness (QED) is 0.290. The summed E-state index contributed by atoms with van der Waals surface area (Å²) in [5, 5.41) is 32.3. The third-order valence-corrected chi connectivity index (χ3v) is 4.98. The molecule has 0 saturated carbocycles. The number of hydrogen-bond donors (Lipinski definition) is 5. The Bertz CT molecular complexity index is 1020. The van der Waals surface area contributed by atoms with Crippen LogP contribution in [0.2, 0.25) is 0 Å². The Kier molecular flexibility index (Phi) is 5.83. The molecule has 1 aliphatic heterocycles. The Morgan fingerprint density at radius 1 is 1.03 bits per heavy atom. The number of fused-ring (bicyclic) bond motifs is 3. The average molecular weight is 406 g/mol. The summed E-state index contributed by atoms with van der Waals surface area (Å²) in [7, 11) is 0. The van der Waals surface area contributed by atoms with Gasteiger partial charge in [0.1, 0.15) is 17.6 Å². The highest BCUT2D eigenvalue weighted by atomic mass is 16.3.